The monoisotopic (exact) mass is 243 g/mol. The molecule has 1 aromatic rings. The minimum absolute atomic E-state index is 0.0252. The van der Waals surface area contributed by atoms with Crippen LogP contribution in [-0.4, -0.2) is 11.5 Å². The number of nitro groups is 1. The van der Waals surface area contributed by atoms with Gasteiger partial charge < -0.3 is 0 Å². The molecule has 0 spiro atoms. The van der Waals surface area contributed by atoms with E-state index >= 15 is 0 Å². The van der Waals surface area contributed by atoms with Crippen LogP contribution in [0.5, 0.6) is 0 Å². The molecule has 13 heavy (non-hydrogen) atoms. The van der Waals surface area contributed by atoms with Gasteiger partial charge in [0, 0.05) is 15.3 Å². The molecule has 0 N–H and O–H groups in total. The molecular formula is C9H10BrNO2. The molecule has 0 saturated heterocycles. The van der Waals surface area contributed by atoms with E-state index in [9.17, 15) is 10.1 Å². The summed E-state index contributed by atoms with van der Waals surface area (Å²) in [6, 6.07) is 7.58. The Labute approximate surface area is 85.0 Å². The lowest BCUT2D eigenvalue weighted by atomic mass is 10.0. The fourth-order valence-electron chi connectivity index (χ4n) is 1.20. The lowest BCUT2D eigenvalue weighted by Crippen LogP contribution is -2.09. The van der Waals surface area contributed by atoms with Gasteiger partial charge in [-0.25, -0.2) is 0 Å². The average Bonchev–Trinajstić information content (AvgIpc) is 2.03. The lowest BCUT2D eigenvalue weighted by molar-refractivity contribution is -0.482. The molecule has 0 amide bonds. The van der Waals surface area contributed by atoms with Crippen LogP contribution in [0.25, 0.3) is 0 Å². The van der Waals surface area contributed by atoms with Crippen LogP contribution >= 0.6 is 15.9 Å². The summed E-state index contributed by atoms with van der Waals surface area (Å²) in [6.45, 7) is 1.82. The van der Waals surface area contributed by atoms with Crippen molar-refractivity contribution in [1.29, 1.82) is 0 Å². The highest BCUT2D eigenvalue weighted by Gasteiger charge is 2.13. The molecule has 0 aromatic heterocycles. The summed E-state index contributed by atoms with van der Waals surface area (Å²) in [5.74, 6) is -0.0504. The molecule has 0 aliphatic carbocycles. The van der Waals surface area contributed by atoms with E-state index in [2.05, 4.69) is 15.9 Å². The topological polar surface area (TPSA) is 43.1 Å². The van der Waals surface area contributed by atoms with Crippen LogP contribution in [0.15, 0.2) is 28.7 Å². The summed E-state index contributed by atoms with van der Waals surface area (Å²) in [5, 5.41) is 10.3. The van der Waals surface area contributed by atoms with Crippen LogP contribution in [0.1, 0.15) is 18.4 Å². The van der Waals surface area contributed by atoms with Crippen LogP contribution < -0.4 is 0 Å². The van der Waals surface area contributed by atoms with Gasteiger partial charge in [0.05, 0.1) is 0 Å². The third-order valence-corrected chi connectivity index (χ3v) is 2.58. The van der Waals surface area contributed by atoms with Gasteiger partial charge in [0.2, 0.25) is 6.54 Å². The second-order valence-corrected chi connectivity index (χ2v) is 3.79. The zero-order chi connectivity index (χ0) is 9.84. The normalized spacial score (nSPS) is 12.5. The van der Waals surface area contributed by atoms with E-state index in [1.54, 1.807) is 0 Å². The van der Waals surface area contributed by atoms with E-state index in [1.165, 1.54) is 0 Å². The minimum Gasteiger partial charge on any atom is -0.265 e. The minimum atomic E-state index is -0.288. The van der Waals surface area contributed by atoms with E-state index in [-0.39, 0.29) is 17.4 Å². The van der Waals surface area contributed by atoms with Crippen molar-refractivity contribution < 1.29 is 4.92 Å². The average molecular weight is 244 g/mol. The van der Waals surface area contributed by atoms with Crippen molar-refractivity contribution in [2.75, 3.05) is 6.54 Å². The number of benzene rings is 1. The smallest absolute Gasteiger partial charge is 0.210 e. The standard InChI is InChI=1S/C9H10BrNO2/c1-7(6-11(12)13)8-4-2-3-5-9(8)10/h2-5,7H,6H2,1H3. The summed E-state index contributed by atoms with van der Waals surface area (Å²) in [5.41, 5.74) is 0.985. The Morgan fingerprint density at radius 2 is 2.15 bits per heavy atom. The molecule has 3 nitrogen and oxygen atoms in total. The van der Waals surface area contributed by atoms with Gasteiger partial charge in [0.15, 0.2) is 0 Å². The zero-order valence-corrected chi connectivity index (χ0v) is 8.82. The summed E-state index contributed by atoms with van der Waals surface area (Å²) < 4.78 is 0.935. The summed E-state index contributed by atoms with van der Waals surface area (Å²) >= 11 is 3.36. The highest BCUT2D eigenvalue weighted by molar-refractivity contribution is 9.10. The van der Waals surface area contributed by atoms with E-state index < -0.39 is 0 Å². The summed E-state index contributed by atoms with van der Waals surface area (Å²) in [6.07, 6.45) is 0. The number of nitrogens with zero attached hydrogens (tertiary/aromatic N) is 1. The molecule has 0 radical (unpaired) electrons. The molecule has 1 unspecified atom stereocenters. The second kappa shape index (κ2) is 4.37. The van der Waals surface area contributed by atoms with Crippen LogP contribution in [0.3, 0.4) is 0 Å². The van der Waals surface area contributed by atoms with Crippen LogP contribution in [0.4, 0.5) is 0 Å². The predicted molar refractivity (Wildman–Crippen MR) is 54.4 cm³/mol. The predicted octanol–water partition coefficient (Wildman–Crippen LogP) is 2.83. The van der Waals surface area contributed by atoms with Gasteiger partial charge in [0.1, 0.15) is 0 Å². The van der Waals surface area contributed by atoms with E-state index in [1.807, 2.05) is 31.2 Å². The van der Waals surface area contributed by atoms with Gasteiger partial charge in [-0.1, -0.05) is 41.1 Å². The maximum absolute atomic E-state index is 10.3. The molecule has 1 aromatic carbocycles. The van der Waals surface area contributed by atoms with Gasteiger partial charge >= 0.3 is 0 Å². The Morgan fingerprint density at radius 1 is 1.54 bits per heavy atom. The van der Waals surface area contributed by atoms with E-state index in [4.69, 9.17) is 0 Å². The zero-order valence-electron chi connectivity index (χ0n) is 7.24. The fourth-order valence-corrected chi connectivity index (χ4v) is 1.87. The molecule has 0 aliphatic heterocycles. The molecule has 0 heterocycles. The van der Waals surface area contributed by atoms with Crippen molar-refractivity contribution in [1.82, 2.24) is 0 Å². The van der Waals surface area contributed by atoms with Crippen molar-refractivity contribution in [3.8, 4) is 0 Å². The van der Waals surface area contributed by atoms with Gasteiger partial charge in [-0.2, -0.15) is 0 Å². The molecular weight excluding hydrogens is 234 g/mol. The molecule has 0 aliphatic rings. The van der Waals surface area contributed by atoms with Gasteiger partial charge in [-0.15, -0.1) is 0 Å². The van der Waals surface area contributed by atoms with Crippen LogP contribution in [0, 0.1) is 10.1 Å². The number of halogens is 1. The molecule has 4 heteroatoms. The first kappa shape index (κ1) is 10.2. The van der Waals surface area contributed by atoms with Crippen molar-refractivity contribution in [3.05, 3.63) is 44.4 Å². The Kier molecular flexibility index (Phi) is 3.42. The summed E-state index contributed by atoms with van der Waals surface area (Å²) in [7, 11) is 0. The van der Waals surface area contributed by atoms with Crippen molar-refractivity contribution in [2.45, 2.75) is 12.8 Å². The van der Waals surface area contributed by atoms with Crippen molar-refractivity contribution in [3.63, 3.8) is 0 Å². The largest absolute Gasteiger partial charge is 0.265 e. The van der Waals surface area contributed by atoms with Crippen LogP contribution in [-0.2, 0) is 0 Å². The SMILES string of the molecule is CC(C[N+](=O)[O-])c1ccccc1Br. The quantitative estimate of drug-likeness (QED) is 0.606. The molecule has 0 saturated carbocycles. The second-order valence-electron chi connectivity index (χ2n) is 2.94. The molecule has 1 atom stereocenters. The van der Waals surface area contributed by atoms with Gasteiger partial charge in [-0.3, -0.25) is 10.1 Å². The van der Waals surface area contributed by atoms with Gasteiger partial charge in [0.25, 0.3) is 0 Å². The number of rotatable bonds is 3. The Balaban J connectivity index is 2.82. The van der Waals surface area contributed by atoms with Crippen molar-refractivity contribution >= 4 is 15.9 Å². The van der Waals surface area contributed by atoms with Gasteiger partial charge in [-0.05, 0) is 11.6 Å². The molecule has 0 fully saturated rings. The van der Waals surface area contributed by atoms with Crippen LogP contribution in [0.2, 0.25) is 0 Å². The first-order chi connectivity index (χ1) is 6.11. The Bertz CT molecular complexity index is 314. The third kappa shape index (κ3) is 2.81. The maximum atomic E-state index is 10.3. The number of hydrogen-bond donors (Lipinski definition) is 0. The maximum Gasteiger partial charge on any atom is 0.210 e. The first-order valence-corrected chi connectivity index (χ1v) is 4.76. The van der Waals surface area contributed by atoms with E-state index in [0.717, 1.165) is 10.0 Å². The summed E-state index contributed by atoms with van der Waals surface area (Å²) in [4.78, 5) is 10.00. The van der Waals surface area contributed by atoms with Crippen molar-refractivity contribution in [2.24, 2.45) is 0 Å². The third-order valence-electron chi connectivity index (χ3n) is 1.86. The highest BCUT2D eigenvalue weighted by atomic mass is 79.9. The Morgan fingerprint density at radius 3 is 2.69 bits per heavy atom. The first-order valence-electron chi connectivity index (χ1n) is 3.97. The van der Waals surface area contributed by atoms with E-state index in [0.29, 0.717) is 0 Å². The highest BCUT2D eigenvalue weighted by Crippen LogP contribution is 2.24. The Hall–Kier alpha value is -0.900. The lowest BCUT2D eigenvalue weighted by Gasteiger charge is -2.08. The fraction of sp³-hybridized carbons (Fsp3) is 0.333. The molecule has 70 valence electrons. The number of hydrogen-bond acceptors (Lipinski definition) is 2. The molecule has 1 rings (SSSR count). The molecule has 0 bridgehead atoms.